The third-order valence-electron chi connectivity index (χ3n) is 3.25. The molecular weight excluding hydrogens is 271 g/mol. The van der Waals surface area contributed by atoms with E-state index in [0.29, 0.717) is 18.6 Å². The van der Waals surface area contributed by atoms with Crippen LogP contribution in [-0.4, -0.2) is 20.7 Å². The fourth-order valence-electron chi connectivity index (χ4n) is 2.21. The van der Waals surface area contributed by atoms with Crippen molar-refractivity contribution in [1.82, 2.24) is 14.2 Å². The zero-order valence-electron chi connectivity index (χ0n) is 11.6. The van der Waals surface area contributed by atoms with Crippen LogP contribution in [0, 0.1) is 12.7 Å². The van der Waals surface area contributed by atoms with E-state index in [1.807, 2.05) is 6.92 Å². The Labute approximate surface area is 120 Å². The zero-order valence-corrected chi connectivity index (χ0v) is 11.6. The highest BCUT2D eigenvalue weighted by Gasteiger charge is 2.05. The second-order valence-electron chi connectivity index (χ2n) is 4.85. The molecule has 3 aromatic rings. The lowest BCUT2D eigenvalue weighted by atomic mass is 10.3. The first-order valence-electron chi connectivity index (χ1n) is 6.68. The molecule has 5 nitrogen and oxygen atoms in total. The first-order valence-corrected chi connectivity index (χ1v) is 6.68. The molecule has 6 heteroatoms. The molecule has 2 aromatic heterocycles. The van der Waals surface area contributed by atoms with Gasteiger partial charge in [0.1, 0.15) is 11.3 Å². The van der Waals surface area contributed by atoms with Crippen molar-refractivity contribution >= 4 is 11.2 Å². The predicted octanol–water partition coefficient (Wildman–Crippen LogP) is 2.06. The Morgan fingerprint density at radius 1 is 1.24 bits per heavy atom. The average Bonchev–Trinajstić information content (AvgIpc) is 2.85. The zero-order chi connectivity index (χ0) is 14.8. The number of aromatic nitrogens is 3. The van der Waals surface area contributed by atoms with Crippen LogP contribution in [0.15, 0.2) is 47.5 Å². The molecule has 0 saturated carbocycles. The van der Waals surface area contributed by atoms with Gasteiger partial charge in [0, 0.05) is 31.2 Å². The normalized spacial score (nSPS) is 11.0. The summed E-state index contributed by atoms with van der Waals surface area (Å²) in [6.45, 7) is 2.96. The van der Waals surface area contributed by atoms with Crippen LogP contribution in [-0.2, 0) is 6.54 Å². The number of aryl methyl sites for hydroxylation is 1. The summed E-state index contributed by atoms with van der Waals surface area (Å²) in [6.07, 6.45) is 3.48. The minimum absolute atomic E-state index is 0.0704. The quantitative estimate of drug-likeness (QED) is 0.798. The minimum atomic E-state index is -0.265. The molecule has 0 saturated heterocycles. The summed E-state index contributed by atoms with van der Waals surface area (Å²) >= 11 is 0. The van der Waals surface area contributed by atoms with E-state index in [4.69, 9.17) is 0 Å². The van der Waals surface area contributed by atoms with Crippen LogP contribution < -0.4 is 10.9 Å². The van der Waals surface area contributed by atoms with Crippen molar-refractivity contribution in [3.8, 4) is 0 Å². The Hall–Kier alpha value is -2.63. The standard InChI is InChI=1S/C15H15FN4O/c1-11-10-14-15(21)19(8-9-20(14)18-11)7-6-17-13-4-2-12(16)3-5-13/h2-5,8-10,17H,6-7H2,1H3. The number of hydrogen-bond donors (Lipinski definition) is 1. The first kappa shape index (κ1) is 13.4. The number of nitrogens with one attached hydrogen (secondary N) is 1. The molecule has 108 valence electrons. The molecule has 0 aliphatic carbocycles. The van der Waals surface area contributed by atoms with Crippen LogP contribution in [0.4, 0.5) is 10.1 Å². The van der Waals surface area contributed by atoms with Gasteiger partial charge in [-0.2, -0.15) is 5.10 Å². The van der Waals surface area contributed by atoms with E-state index in [2.05, 4.69) is 10.4 Å². The van der Waals surface area contributed by atoms with Crippen molar-refractivity contribution in [2.75, 3.05) is 11.9 Å². The number of benzene rings is 1. The molecule has 0 amide bonds. The third-order valence-corrected chi connectivity index (χ3v) is 3.25. The molecule has 0 unspecified atom stereocenters. The summed E-state index contributed by atoms with van der Waals surface area (Å²) < 4.78 is 16.0. The van der Waals surface area contributed by atoms with Gasteiger partial charge >= 0.3 is 0 Å². The van der Waals surface area contributed by atoms with E-state index < -0.39 is 0 Å². The van der Waals surface area contributed by atoms with Gasteiger partial charge in [0.15, 0.2) is 0 Å². The van der Waals surface area contributed by atoms with Gasteiger partial charge in [0.25, 0.3) is 5.56 Å². The minimum Gasteiger partial charge on any atom is -0.383 e. The number of rotatable bonds is 4. The Morgan fingerprint density at radius 3 is 2.76 bits per heavy atom. The Bertz CT molecular complexity index is 820. The van der Waals surface area contributed by atoms with Crippen molar-refractivity contribution in [3.63, 3.8) is 0 Å². The molecule has 3 rings (SSSR count). The molecule has 0 fully saturated rings. The molecule has 21 heavy (non-hydrogen) atoms. The lowest BCUT2D eigenvalue weighted by Crippen LogP contribution is -2.24. The summed E-state index contributed by atoms with van der Waals surface area (Å²) in [5.74, 6) is -0.265. The van der Waals surface area contributed by atoms with Gasteiger partial charge in [-0.3, -0.25) is 4.79 Å². The fraction of sp³-hybridized carbons (Fsp3) is 0.200. The van der Waals surface area contributed by atoms with Gasteiger partial charge in [-0.25, -0.2) is 8.91 Å². The van der Waals surface area contributed by atoms with Crippen LogP contribution in [0.3, 0.4) is 0 Å². The van der Waals surface area contributed by atoms with Crippen molar-refractivity contribution < 1.29 is 4.39 Å². The number of hydrogen-bond acceptors (Lipinski definition) is 3. The summed E-state index contributed by atoms with van der Waals surface area (Å²) in [5.41, 5.74) is 2.13. The highest BCUT2D eigenvalue weighted by Crippen LogP contribution is 2.07. The fourth-order valence-corrected chi connectivity index (χ4v) is 2.21. The molecule has 2 heterocycles. The smallest absolute Gasteiger partial charge is 0.276 e. The Morgan fingerprint density at radius 2 is 2.00 bits per heavy atom. The van der Waals surface area contributed by atoms with Gasteiger partial charge in [0.2, 0.25) is 0 Å². The largest absolute Gasteiger partial charge is 0.383 e. The summed E-state index contributed by atoms with van der Waals surface area (Å²) in [6, 6.07) is 7.90. The molecule has 0 aliphatic heterocycles. The SMILES string of the molecule is Cc1cc2c(=O)n(CCNc3ccc(F)cc3)ccn2n1. The summed E-state index contributed by atoms with van der Waals surface area (Å²) in [4.78, 5) is 12.3. The summed E-state index contributed by atoms with van der Waals surface area (Å²) in [5, 5.41) is 7.36. The predicted molar refractivity (Wildman–Crippen MR) is 79.1 cm³/mol. The van der Waals surface area contributed by atoms with E-state index in [9.17, 15) is 9.18 Å². The second kappa shape index (κ2) is 5.40. The third kappa shape index (κ3) is 2.79. The molecular formula is C15H15FN4O. The molecule has 1 N–H and O–H groups in total. The first-order chi connectivity index (χ1) is 10.1. The number of fused-ring (bicyclic) bond motifs is 1. The molecule has 0 atom stereocenters. The lowest BCUT2D eigenvalue weighted by Gasteiger charge is -2.08. The summed E-state index contributed by atoms with van der Waals surface area (Å²) in [7, 11) is 0. The van der Waals surface area contributed by atoms with Gasteiger partial charge in [0.05, 0.1) is 5.69 Å². The number of anilines is 1. The van der Waals surface area contributed by atoms with Crippen molar-refractivity contribution in [2.45, 2.75) is 13.5 Å². The van der Waals surface area contributed by atoms with Crippen molar-refractivity contribution in [2.24, 2.45) is 0 Å². The van der Waals surface area contributed by atoms with Crippen LogP contribution in [0.2, 0.25) is 0 Å². The molecule has 0 bridgehead atoms. The van der Waals surface area contributed by atoms with E-state index in [1.165, 1.54) is 12.1 Å². The molecule has 1 aromatic carbocycles. The van der Waals surface area contributed by atoms with Crippen LogP contribution in [0.5, 0.6) is 0 Å². The molecule has 0 radical (unpaired) electrons. The van der Waals surface area contributed by atoms with Gasteiger partial charge < -0.3 is 9.88 Å². The maximum absolute atomic E-state index is 12.8. The van der Waals surface area contributed by atoms with Gasteiger partial charge in [-0.15, -0.1) is 0 Å². The second-order valence-corrected chi connectivity index (χ2v) is 4.85. The van der Waals surface area contributed by atoms with Gasteiger partial charge in [-0.1, -0.05) is 0 Å². The maximum atomic E-state index is 12.8. The van der Waals surface area contributed by atoms with Crippen LogP contribution in [0.1, 0.15) is 5.69 Å². The van der Waals surface area contributed by atoms with Gasteiger partial charge in [-0.05, 0) is 37.3 Å². The maximum Gasteiger partial charge on any atom is 0.276 e. The number of halogens is 1. The topological polar surface area (TPSA) is 51.3 Å². The Kier molecular flexibility index (Phi) is 3.43. The molecule has 0 spiro atoms. The molecule has 0 aliphatic rings. The highest BCUT2D eigenvalue weighted by molar-refractivity contribution is 5.45. The van der Waals surface area contributed by atoms with Crippen LogP contribution in [0.25, 0.3) is 5.52 Å². The highest BCUT2D eigenvalue weighted by atomic mass is 19.1. The van der Waals surface area contributed by atoms with Crippen molar-refractivity contribution in [1.29, 1.82) is 0 Å². The Balaban J connectivity index is 1.72. The average molecular weight is 286 g/mol. The lowest BCUT2D eigenvalue weighted by molar-refractivity contribution is 0.628. The van der Waals surface area contributed by atoms with E-state index >= 15 is 0 Å². The van der Waals surface area contributed by atoms with Crippen LogP contribution >= 0.6 is 0 Å². The van der Waals surface area contributed by atoms with E-state index in [-0.39, 0.29) is 11.4 Å². The van der Waals surface area contributed by atoms with E-state index in [1.54, 1.807) is 39.7 Å². The number of nitrogens with zero attached hydrogens (tertiary/aromatic N) is 3. The van der Waals surface area contributed by atoms with Crippen molar-refractivity contribution in [3.05, 3.63) is 64.6 Å². The monoisotopic (exact) mass is 286 g/mol. The van der Waals surface area contributed by atoms with E-state index in [0.717, 1.165) is 11.4 Å².